The van der Waals surface area contributed by atoms with E-state index in [1.54, 1.807) is 0 Å². The number of rotatable bonds is 1. The molecule has 0 amide bonds. The van der Waals surface area contributed by atoms with Gasteiger partial charge < -0.3 is 5.73 Å². The van der Waals surface area contributed by atoms with Gasteiger partial charge in [-0.25, -0.2) is 0 Å². The highest BCUT2D eigenvalue weighted by atomic mass is 32.2. The molecular formula is C9H17NS. The summed E-state index contributed by atoms with van der Waals surface area (Å²) in [6.45, 7) is 0.931. The molecule has 1 heterocycles. The molecule has 0 aromatic heterocycles. The number of hydrogen-bond acceptors (Lipinski definition) is 2. The van der Waals surface area contributed by atoms with E-state index >= 15 is 0 Å². The van der Waals surface area contributed by atoms with Crippen LogP contribution < -0.4 is 5.73 Å². The average Bonchev–Trinajstić information content (AvgIpc) is 2.01. The molecule has 1 saturated heterocycles. The summed E-state index contributed by atoms with van der Waals surface area (Å²) < 4.78 is 0. The molecule has 1 aliphatic heterocycles. The summed E-state index contributed by atoms with van der Waals surface area (Å²) in [6, 6.07) is 0. The Morgan fingerprint density at radius 3 is 2.73 bits per heavy atom. The standard InChI is InChI=1S/C9H17NS/c10-6-8-2-5-11-7-9(8)3-1-4-9/h8H,1-7,10H2. The lowest BCUT2D eigenvalue weighted by Crippen LogP contribution is -2.45. The lowest BCUT2D eigenvalue weighted by Gasteiger charge is -2.50. The highest BCUT2D eigenvalue weighted by Crippen LogP contribution is 2.52. The van der Waals surface area contributed by atoms with E-state index in [4.69, 9.17) is 5.73 Å². The van der Waals surface area contributed by atoms with E-state index in [9.17, 15) is 0 Å². The van der Waals surface area contributed by atoms with Crippen molar-refractivity contribution in [3.63, 3.8) is 0 Å². The van der Waals surface area contributed by atoms with Crippen molar-refractivity contribution in [2.75, 3.05) is 18.1 Å². The van der Waals surface area contributed by atoms with Gasteiger partial charge in [0, 0.05) is 0 Å². The van der Waals surface area contributed by atoms with Crippen molar-refractivity contribution in [1.82, 2.24) is 0 Å². The Labute approximate surface area is 73.1 Å². The molecule has 2 fully saturated rings. The molecule has 2 aliphatic rings. The first kappa shape index (κ1) is 7.93. The summed E-state index contributed by atoms with van der Waals surface area (Å²) >= 11 is 2.14. The van der Waals surface area contributed by atoms with Gasteiger partial charge in [-0.1, -0.05) is 6.42 Å². The van der Waals surface area contributed by atoms with E-state index < -0.39 is 0 Å². The van der Waals surface area contributed by atoms with Crippen LogP contribution in [-0.2, 0) is 0 Å². The summed E-state index contributed by atoms with van der Waals surface area (Å²) in [5.41, 5.74) is 6.49. The lowest BCUT2D eigenvalue weighted by atomic mass is 9.61. The van der Waals surface area contributed by atoms with E-state index in [1.165, 1.54) is 37.2 Å². The molecule has 2 heteroatoms. The fraction of sp³-hybridized carbons (Fsp3) is 1.00. The molecule has 1 unspecified atom stereocenters. The molecule has 0 radical (unpaired) electrons. The minimum absolute atomic E-state index is 0.706. The molecule has 0 aromatic carbocycles. The van der Waals surface area contributed by atoms with E-state index in [2.05, 4.69) is 11.8 Å². The van der Waals surface area contributed by atoms with Crippen molar-refractivity contribution in [2.24, 2.45) is 17.1 Å². The zero-order valence-corrected chi connectivity index (χ0v) is 7.83. The Balaban J connectivity index is 2.02. The summed E-state index contributed by atoms with van der Waals surface area (Å²) in [5.74, 6) is 3.61. The van der Waals surface area contributed by atoms with Gasteiger partial charge in [-0.2, -0.15) is 11.8 Å². The van der Waals surface area contributed by atoms with Gasteiger partial charge in [-0.3, -0.25) is 0 Å². The molecule has 2 rings (SSSR count). The van der Waals surface area contributed by atoms with E-state index in [0.717, 1.165) is 12.5 Å². The Morgan fingerprint density at radius 2 is 2.27 bits per heavy atom. The first-order valence-electron chi connectivity index (χ1n) is 4.65. The van der Waals surface area contributed by atoms with E-state index in [1.807, 2.05) is 0 Å². The maximum absolute atomic E-state index is 5.78. The zero-order chi connectivity index (χ0) is 7.73. The maximum atomic E-state index is 5.78. The minimum atomic E-state index is 0.706. The van der Waals surface area contributed by atoms with Crippen LogP contribution in [0.4, 0.5) is 0 Å². The highest BCUT2D eigenvalue weighted by molar-refractivity contribution is 7.99. The third kappa shape index (κ3) is 1.20. The molecule has 1 nitrogen and oxygen atoms in total. The predicted octanol–water partition coefficient (Wildman–Crippen LogP) is 1.87. The van der Waals surface area contributed by atoms with Crippen molar-refractivity contribution >= 4 is 11.8 Å². The van der Waals surface area contributed by atoms with Crippen LogP contribution in [0.25, 0.3) is 0 Å². The van der Waals surface area contributed by atoms with Crippen LogP contribution in [0, 0.1) is 11.3 Å². The van der Waals surface area contributed by atoms with Crippen LogP contribution in [0.15, 0.2) is 0 Å². The number of nitrogens with two attached hydrogens (primary N) is 1. The monoisotopic (exact) mass is 171 g/mol. The molecule has 1 aliphatic carbocycles. The Hall–Kier alpha value is 0.310. The Bertz CT molecular complexity index is 142. The van der Waals surface area contributed by atoms with Gasteiger partial charge in [0.15, 0.2) is 0 Å². The molecule has 64 valence electrons. The molecule has 0 aromatic rings. The van der Waals surface area contributed by atoms with Crippen LogP contribution in [0.1, 0.15) is 25.7 Å². The lowest BCUT2D eigenvalue weighted by molar-refractivity contribution is 0.0753. The van der Waals surface area contributed by atoms with Gasteiger partial charge in [-0.05, 0) is 48.6 Å². The molecule has 2 N–H and O–H groups in total. The van der Waals surface area contributed by atoms with Crippen molar-refractivity contribution in [3.05, 3.63) is 0 Å². The fourth-order valence-electron chi connectivity index (χ4n) is 2.48. The van der Waals surface area contributed by atoms with Crippen LogP contribution >= 0.6 is 11.8 Å². The SMILES string of the molecule is NCC1CCSCC12CCC2. The summed E-state index contributed by atoms with van der Waals surface area (Å²) in [5, 5.41) is 0. The molecule has 1 spiro atoms. The number of thioether (sulfide) groups is 1. The second-order valence-corrected chi connectivity index (χ2v) is 5.09. The van der Waals surface area contributed by atoms with Crippen molar-refractivity contribution in [3.8, 4) is 0 Å². The normalized spacial score (nSPS) is 35.2. The second kappa shape index (κ2) is 2.98. The van der Waals surface area contributed by atoms with E-state index in [0.29, 0.717) is 5.41 Å². The number of hydrogen-bond donors (Lipinski definition) is 1. The zero-order valence-electron chi connectivity index (χ0n) is 7.01. The average molecular weight is 171 g/mol. The van der Waals surface area contributed by atoms with Crippen molar-refractivity contribution in [1.29, 1.82) is 0 Å². The fourth-order valence-corrected chi connectivity index (χ4v) is 4.00. The van der Waals surface area contributed by atoms with Crippen LogP contribution in [0.3, 0.4) is 0 Å². The van der Waals surface area contributed by atoms with Crippen molar-refractivity contribution in [2.45, 2.75) is 25.7 Å². The van der Waals surface area contributed by atoms with Crippen molar-refractivity contribution < 1.29 is 0 Å². The van der Waals surface area contributed by atoms with Crippen LogP contribution in [0.2, 0.25) is 0 Å². The molecule has 0 bridgehead atoms. The first-order chi connectivity index (χ1) is 5.37. The predicted molar refractivity (Wildman–Crippen MR) is 50.8 cm³/mol. The van der Waals surface area contributed by atoms with Gasteiger partial charge >= 0.3 is 0 Å². The smallest absolute Gasteiger partial charge is 0.000767 e. The summed E-state index contributed by atoms with van der Waals surface area (Å²) in [6.07, 6.45) is 5.75. The topological polar surface area (TPSA) is 26.0 Å². The van der Waals surface area contributed by atoms with Gasteiger partial charge in [-0.15, -0.1) is 0 Å². The maximum Gasteiger partial charge on any atom is -0.000767 e. The van der Waals surface area contributed by atoms with Gasteiger partial charge in [0.1, 0.15) is 0 Å². The quantitative estimate of drug-likeness (QED) is 0.652. The minimum Gasteiger partial charge on any atom is -0.330 e. The summed E-state index contributed by atoms with van der Waals surface area (Å²) in [4.78, 5) is 0. The van der Waals surface area contributed by atoms with Gasteiger partial charge in [0.25, 0.3) is 0 Å². The van der Waals surface area contributed by atoms with Crippen LogP contribution in [-0.4, -0.2) is 18.1 Å². The van der Waals surface area contributed by atoms with E-state index in [-0.39, 0.29) is 0 Å². The molecule has 11 heavy (non-hydrogen) atoms. The Kier molecular flexibility index (Phi) is 2.15. The Morgan fingerprint density at radius 1 is 1.45 bits per heavy atom. The largest absolute Gasteiger partial charge is 0.330 e. The summed E-state index contributed by atoms with van der Waals surface area (Å²) in [7, 11) is 0. The van der Waals surface area contributed by atoms with Gasteiger partial charge in [0.05, 0.1) is 0 Å². The van der Waals surface area contributed by atoms with Crippen LogP contribution in [0.5, 0.6) is 0 Å². The third-order valence-electron chi connectivity index (χ3n) is 3.50. The molecular weight excluding hydrogens is 154 g/mol. The second-order valence-electron chi connectivity index (χ2n) is 3.99. The molecule has 1 atom stereocenters. The highest BCUT2D eigenvalue weighted by Gasteiger charge is 2.44. The molecule has 1 saturated carbocycles. The van der Waals surface area contributed by atoms with Gasteiger partial charge in [0.2, 0.25) is 0 Å². The third-order valence-corrected chi connectivity index (χ3v) is 4.80. The first-order valence-corrected chi connectivity index (χ1v) is 5.81.